The first kappa shape index (κ1) is 15.7. The summed E-state index contributed by atoms with van der Waals surface area (Å²) >= 11 is 0. The summed E-state index contributed by atoms with van der Waals surface area (Å²) in [7, 11) is 2.17. The average Bonchev–Trinajstić information content (AvgIpc) is 2.46. The summed E-state index contributed by atoms with van der Waals surface area (Å²) in [5.74, 6) is 0.131. The predicted molar refractivity (Wildman–Crippen MR) is 78.8 cm³/mol. The van der Waals surface area contributed by atoms with Gasteiger partial charge in [-0.25, -0.2) is 0 Å². The highest BCUT2D eigenvalue weighted by Crippen LogP contribution is 2.00. The largest absolute Gasteiger partial charge is 0.378 e. The van der Waals surface area contributed by atoms with Gasteiger partial charge in [-0.2, -0.15) is 0 Å². The fraction of sp³-hybridized carbons (Fsp3) is 0.929. The molecule has 20 heavy (non-hydrogen) atoms. The fourth-order valence-electron chi connectivity index (χ4n) is 2.65. The lowest BCUT2D eigenvalue weighted by molar-refractivity contribution is -0.122. The zero-order chi connectivity index (χ0) is 14.2. The summed E-state index contributed by atoms with van der Waals surface area (Å²) in [5, 5.41) is 6.30. The third kappa shape index (κ3) is 5.75. The highest BCUT2D eigenvalue weighted by atomic mass is 16.5. The zero-order valence-corrected chi connectivity index (χ0v) is 12.6. The van der Waals surface area contributed by atoms with Crippen molar-refractivity contribution in [3.8, 4) is 0 Å². The van der Waals surface area contributed by atoms with E-state index in [1.54, 1.807) is 0 Å². The third-order valence-electron chi connectivity index (χ3n) is 4.00. The molecule has 0 aromatic carbocycles. The number of piperazine rings is 1. The molecule has 0 saturated carbocycles. The van der Waals surface area contributed by atoms with E-state index in [4.69, 9.17) is 4.74 Å². The van der Waals surface area contributed by atoms with Crippen molar-refractivity contribution in [2.24, 2.45) is 0 Å². The van der Waals surface area contributed by atoms with Crippen molar-refractivity contribution < 1.29 is 9.53 Å². The van der Waals surface area contributed by atoms with Crippen LogP contribution in [0.1, 0.15) is 12.8 Å². The van der Waals surface area contributed by atoms with Crippen LogP contribution in [0, 0.1) is 0 Å². The topological polar surface area (TPSA) is 56.8 Å². The molecule has 0 aromatic rings. The van der Waals surface area contributed by atoms with Gasteiger partial charge in [0.25, 0.3) is 0 Å². The van der Waals surface area contributed by atoms with E-state index in [2.05, 4.69) is 27.5 Å². The lowest BCUT2D eigenvalue weighted by Crippen LogP contribution is -2.45. The van der Waals surface area contributed by atoms with Gasteiger partial charge in [-0.1, -0.05) is 0 Å². The van der Waals surface area contributed by atoms with Crippen molar-refractivity contribution >= 4 is 5.91 Å². The maximum absolute atomic E-state index is 11.8. The summed E-state index contributed by atoms with van der Waals surface area (Å²) < 4.78 is 5.34. The van der Waals surface area contributed by atoms with Gasteiger partial charge in [0.15, 0.2) is 0 Å². The molecule has 2 aliphatic rings. The Labute approximate surface area is 121 Å². The predicted octanol–water partition coefficient (Wildman–Crippen LogP) is -0.881. The van der Waals surface area contributed by atoms with E-state index in [0.29, 0.717) is 13.0 Å². The first-order valence-electron chi connectivity index (χ1n) is 7.73. The molecule has 2 aliphatic heterocycles. The maximum atomic E-state index is 11.8. The second-order valence-electron chi connectivity index (χ2n) is 5.78. The molecule has 6 nitrogen and oxygen atoms in total. The van der Waals surface area contributed by atoms with Crippen LogP contribution in [0.25, 0.3) is 0 Å². The van der Waals surface area contributed by atoms with E-state index in [1.165, 1.54) is 0 Å². The number of amides is 1. The molecule has 0 radical (unpaired) electrons. The Morgan fingerprint density at radius 3 is 2.85 bits per heavy atom. The third-order valence-corrected chi connectivity index (χ3v) is 4.00. The van der Waals surface area contributed by atoms with Crippen LogP contribution in [0.2, 0.25) is 0 Å². The summed E-state index contributed by atoms with van der Waals surface area (Å²) in [6, 6.07) is 0.182. The number of nitrogens with zero attached hydrogens (tertiary/aromatic N) is 2. The first-order chi connectivity index (χ1) is 9.74. The second kappa shape index (κ2) is 8.56. The van der Waals surface area contributed by atoms with Gasteiger partial charge in [0.2, 0.25) is 5.91 Å². The number of nitrogens with one attached hydrogen (secondary N) is 2. The van der Waals surface area contributed by atoms with Crippen LogP contribution >= 0.6 is 0 Å². The minimum atomic E-state index is 0.131. The van der Waals surface area contributed by atoms with Crippen molar-refractivity contribution in [2.45, 2.75) is 18.9 Å². The normalized spacial score (nSPS) is 25.6. The van der Waals surface area contributed by atoms with Crippen LogP contribution in [-0.4, -0.2) is 87.8 Å². The number of hydrogen-bond acceptors (Lipinski definition) is 5. The molecule has 2 rings (SSSR count). The molecular formula is C14H28N4O2. The van der Waals surface area contributed by atoms with Gasteiger partial charge >= 0.3 is 0 Å². The van der Waals surface area contributed by atoms with Gasteiger partial charge in [-0.3, -0.25) is 4.79 Å². The van der Waals surface area contributed by atoms with Crippen LogP contribution in [-0.2, 0) is 9.53 Å². The summed E-state index contributed by atoms with van der Waals surface area (Å²) in [6.45, 7) is 8.71. The molecule has 2 fully saturated rings. The number of carbonyl (C=O) groups is 1. The van der Waals surface area contributed by atoms with Gasteiger partial charge < -0.3 is 25.2 Å². The highest BCUT2D eigenvalue weighted by Gasteiger charge is 2.17. The van der Waals surface area contributed by atoms with E-state index in [-0.39, 0.29) is 11.9 Å². The number of hydrogen-bond donors (Lipinski definition) is 2. The molecule has 0 aliphatic carbocycles. The second-order valence-corrected chi connectivity index (χ2v) is 5.78. The maximum Gasteiger partial charge on any atom is 0.221 e. The Morgan fingerprint density at radius 2 is 2.15 bits per heavy atom. The average molecular weight is 284 g/mol. The van der Waals surface area contributed by atoms with Crippen molar-refractivity contribution in [2.75, 3.05) is 66.1 Å². The molecule has 116 valence electrons. The number of likely N-dealkylation sites (N-methyl/N-ethyl adjacent to an activating group) is 1. The van der Waals surface area contributed by atoms with Crippen LogP contribution in [0.4, 0.5) is 0 Å². The van der Waals surface area contributed by atoms with Gasteiger partial charge in [-0.15, -0.1) is 0 Å². The molecule has 2 N–H and O–H groups in total. The first-order valence-corrected chi connectivity index (χ1v) is 7.73. The number of rotatable bonds is 6. The van der Waals surface area contributed by atoms with E-state index in [0.717, 1.165) is 58.8 Å². The van der Waals surface area contributed by atoms with Gasteiger partial charge in [0, 0.05) is 51.7 Å². The van der Waals surface area contributed by atoms with E-state index in [9.17, 15) is 4.79 Å². The van der Waals surface area contributed by atoms with E-state index >= 15 is 0 Å². The lowest BCUT2D eigenvalue weighted by atomic mass is 10.2. The molecular weight excluding hydrogens is 256 g/mol. The molecule has 1 amide bonds. The van der Waals surface area contributed by atoms with Crippen molar-refractivity contribution in [1.82, 2.24) is 20.4 Å². The minimum Gasteiger partial charge on any atom is -0.378 e. The molecule has 0 spiro atoms. The smallest absolute Gasteiger partial charge is 0.221 e. The van der Waals surface area contributed by atoms with Crippen molar-refractivity contribution in [3.63, 3.8) is 0 Å². The highest BCUT2D eigenvalue weighted by molar-refractivity contribution is 5.76. The SMILES string of the molecule is CN1CCN(CCCNC(=O)CC2COCCN2)CC1. The lowest BCUT2D eigenvalue weighted by Gasteiger charge is -2.32. The number of ether oxygens (including phenoxy) is 1. The van der Waals surface area contributed by atoms with Crippen molar-refractivity contribution in [1.29, 1.82) is 0 Å². The quantitative estimate of drug-likeness (QED) is 0.620. The van der Waals surface area contributed by atoms with Crippen molar-refractivity contribution in [3.05, 3.63) is 0 Å². The monoisotopic (exact) mass is 284 g/mol. The molecule has 1 atom stereocenters. The summed E-state index contributed by atoms with van der Waals surface area (Å²) in [5.41, 5.74) is 0. The van der Waals surface area contributed by atoms with Gasteiger partial charge in [0.1, 0.15) is 0 Å². The Balaban J connectivity index is 1.48. The zero-order valence-electron chi connectivity index (χ0n) is 12.6. The van der Waals surface area contributed by atoms with Gasteiger partial charge in [0.05, 0.1) is 13.2 Å². The molecule has 2 heterocycles. The van der Waals surface area contributed by atoms with Crippen LogP contribution < -0.4 is 10.6 Å². The minimum absolute atomic E-state index is 0.131. The Hall–Kier alpha value is -0.690. The number of morpholine rings is 1. The summed E-state index contributed by atoms with van der Waals surface area (Å²) in [6.07, 6.45) is 1.55. The van der Waals surface area contributed by atoms with Crippen LogP contribution in [0.3, 0.4) is 0 Å². The standard InChI is InChI=1S/C14H28N4O2/c1-17-6-8-18(9-7-17)5-2-3-16-14(19)11-13-12-20-10-4-15-13/h13,15H,2-12H2,1H3,(H,16,19). The molecule has 6 heteroatoms. The Bertz CT molecular complexity index is 287. The van der Waals surface area contributed by atoms with Crippen LogP contribution in [0.5, 0.6) is 0 Å². The van der Waals surface area contributed by atoms with E-state index in [1.807, 2.05) is 0 Å². The summed E-state index contributed by atoms with van der Waals surface area (Å²) in [4.78, 5) is 16.6. The molecule has 0 bridgehead atoms. The molecule has 2 saturated heterocycles. The van der Waals surface area contributed by atoms with Crippen LogP contribution in [0.15, 0.2) is 0 Å². The molecule has 0 aromatic heterocycles. The number of carbonyl (C=O) groups excluding carboxylic acids is 1. The van der Waals surface area contributed by atoms with E-state index < -0.39 is 0 Å². The fourth-order valence-corrected chi connectivity index (χ4v) is 2.65. The Kier molecular flexibility index (Phi) is 6.72. The van der Waals surface area contributed by atoms with Gasteiger partial charge in [-0.05, 0) is 20.0 Å². The molecule has 1 unspecified atom stereocenters. The Morgan fingerprint density at radius 1 is 1.35 bits per heavy atom.